The quantitative estimate of drug-likeness (QED) is 0.429. The number of carbonyl (C=O) groups is 1. The maximum atomic E-state index is 12.6. The van der Waals surface area contributed by atoms with Crippen LogP contribution in [0.5, 0.6) is 17.2 Å². The molecule has 5 rings (SSSR count). The molecular weight excluding hydrogens is 456 g/mol. The van der Waals surface area contributed by atoms with E-state index in [9.17, 15) is 9.59 Å². The Kier molecular flexibility index (Phi) is 5.89. The van der Waals surface area contributed by atoms with E-state index in [0.29, 0.717) is 45.1 Å². The van der Waals surface area contributed by atoms with Crippen LogP contribution in [0, 0.1) is 5.92 Å². The molecule has 0 atom stereocenters. The van der Waals surface area contributed by atoms with Gasteiger partial charge >= 0.3 is 0 Å². The SMILES string of the molecule is CC(C)Cc1nn2c(=O)cc(COc3cccc(NC(=O)c4ccc5c(c4)OCO5)c3)nc2s1. The van der Waals surface area contributed by atoms with Gasteiger partial charge < -0.3 is 19.5 Å². The van der Waals surface area contributed by atoms with Gasteiger partial charge in [-0.1, -0.05) is 31.3 Å². The molecule has 0 radical (unpaired) electrons. The maximum Gasteiger partial charge on any atom is 0.275 e. The molecule has 0 aliphatic carbocycles. The molecule has 0 unspecified atom stereocenters. The van der Waals surface area contributed by atoms with E-state index >= 15 is 0 Å². The standard InChI is InChI=1S/C24H22N4O5S/c1-14(2)8-21-27-28-22(29)11-17(26-24(28)34-21)12-31-18-5-3-4-16(10-18)25-23(30)15-6-7-19-20(9-15)33-13-32-19/h3-7,9-11,14H,8,12-13H2,1-2H3,(H,25,30). The Morgan fingerprint density at radius 1 is 1.18 bits per heavy atom. The van der Waals surface area contributed by atoms with Gasteiger partial charge in [-0.15, -0.1) is 0 Å². The molecule has 3 heterocycles. The molecule has 0 spiro atoms. The van der Waals surface area contributed by atoms with E-state index in [1.54, 1.807) is 42.5 Å². The van der Waals surface area contributed by atoms with Crippen LogP contribution < -0.4 is 25.1 Å². The summed E-state index contributed by atoms with van der Waals surface area (Å²) in [7, 11) is 0. The van der Waals surface area contributed by atoms with E-state index in [1.165, 1.54) is 21.9 Å². The molecule has 1 aliphatic rings. The fraction of sp³-hybridized carbons (Fsp3) is 0.250. The fourth-order valence-electron chi connectivity index (χ4n) is 3.46. The number of ether oxygens (including phenoxy) is 3. The molecule has 174 valence electrons. The minimum Gasteiger partial charge on any atom is -0.487 e. The average molecular weight is 479 g/mol. The second-order valence-corrected chi connectivity index (χ2v) is 9.25. The summed E-state index contributed by atoms with van der Waals surface area (Å²) in [5.74, 6) is 1.86. The van der Waals surface area contributed by atoms with Crippen LogP contribution in [0.25, 0.3) is 4.96 Å². The summed E-state index contributed by atoms with van der Waals surface area (Å²) in [6.07, 6.45) is 0.796. The van der Waals surface area contributed by atoms with Crippen LogP contribution in [-0.4, -0.2) is 27.3 Å². The summed E-state index contributed by atoms with van der Waals surface area (Å²) in [6.45, 7) is 4.47. The molecular formula is C24H22N4O5S. The minimum absolute atomic E-state index is 0.114. The number of nitrogens with zero attached hydrogens (tertiary/aromatic N) is 3. The van der Waals surface area contributed by atoms with Gasteiger partial charge in [0.15, 0.2) is 11.5 Å². The molecule has 4 aromatic rings. The molecule has 0 saturated heterocycles. The molecule has 1 aliphatic heterocycles. The number of rotatable bonds is 7. The number of carbonyl (C=O) groups excluding carboxylic acids is 1. The average Bonchev–Trinajstić information content (AvgIpc) is 3.43. The highest BCUT2D eigenvalue weighted by atomic mass is 32.1. The zero-order chi connectivity index (χ0) is 23.7. The molecule has 2 aromatic heterocycles. The molecule has 0 bridgehead atoms. The van der Waals surface area contributed by atoms with Gasteiger partial charge in [-0.2, -0.15) is 9.61 Å². The van der Waals surface area contributed by atoms with E-state index in [4.69, 9.17) is 14.2 Å². The summed E-state index contributed by atoms with van der Waals surface area (Å²) >= 11 is 1.41. The third kappa shape index (κ3) is 4.72. The highest BCUT2D eigenvalue weighted by Gasteiger charge is 2.16. The van der Waals surface area contributed by atoms with E-state index in [2.05, 4.69) is 29.2 Å². The lowest BCUT2D eigenvalue weighted by atomic mass is 10.1. The topological polar surface area (TPSA) is 104 Å². The number of aromatic nitrogens is 3. The fourth-order valence-corrected chi connectivity index (χ4v) is 4.59. The van der Waals surface area contributed by atoms with Gasteiger partial charge in [0.25, 0.3) is 11.5 Å². The maximum absolute atomic E-state index is 12.6. The number of fused-ring (bicyclic) bond motifs is 2. The van der Waals surface area contributed by atoms with Crippen LogP contribution in [0.1, 0.15) is 34.9 Å². The first-order valence-electron chi connectivity index (χ1n) is 10.8. The van der Waals surface area contributed by atoms with E-state index in [1.807, 2.05) is 0 Å². The Balaban J connectivity index is 1.26. The molecule has 0 fully saturated rings. The number of hydrogen-bond acceptors (Lipinski definition) is 8. The number of nitrogens with one attached hydrogen (secondary N) is 1. The van der Waals surface area contributed by atoms with Crippen molar-refractivity contribution in [3.63, 3.8) is 0 Å². The normalized spacial score (nSPS) is 12.3. The number of amides is 1. The summed E-state index contributed by atoms with van der Waals surface area (Å²) in [4.78, 5) is 30.1. The highest BCUT2D eigenvalue weighted by molar-refractivity contribution is 7.16. The van der Waals surface area contributed by atoms with Crippen LogP contribution in [0.3, 0.4) is 0 Å². The summed E-state index contributed by atoms with van der Waals surface area (Å²) in [5.41, 5.74) is 1.30. The van der Waals surface area contributed by atoms with Gasteiger partial charge in [0.2, 0.25) is 11.8 Å². The van der Waals surface area contributed by atoms with Crippen molar-refractivity contribution in [1.29, 1.82) is 0 Å². The van der Waals surface area contributed by atoms with Gasteiger partial charge in [-0.05, 0) is 36.2 Å². The van der Waals surface area contributed by atoms with Crippen molar-refractivity contribution in [2.45, 2.75) is 26.9 Å². The monoisotopic (exact) mass is 478 g/mol. The number of anilines is 1. The Morgan fingerprint density at radius 2 is 2.03 bits per heavy atom. The van der Waals surface area contributed by atoms with E-state index < -0.39 is 0 Å². The van der Waals surface area contributed by atoms with Crippen molar-refractivity contribution in [3.05, 3.63) is 75.1 Å². The first-order chi connectivity index (χ1) is 16.4. The van der Waals surface area contributed by atoms with Crippen molar-refractivity contribution in [2.75, 3.05) is 12.1 Å². The van der Waals surface area contributed by atoms with Gasteiger partial charge in [0, 0.05) is 29.8 Å². The summed E-state index contributed by atoms with van der Waals surface area (Å²) in [5, 5.41) is 8.09. The second-order valence-electron chi connectivity index (χ2n) is 8.21. The second kappa shape index (κ2) is 9.14. The minimum atomic E-state index is -0.280. The molecule has 0 saturated carbocycles. The predicted molar refractivity (Wildman–Crippen MR) is 127 cm³/mol. The van der Waals surface area contributed by atoms with Crippen molar-refractivity contribution in [2.24, 2.45) is 5.92 Å². The molecule has 10 heteroatoms. The largest absolute Gasteiger partial charge is 0.487 e. The molecule has 1 N–H and O–H groups in total. The van der Waals surface area contributed by atoms with E-state index in [-0.39, 0.29) is 24.9 Å². The lowest BCUT2D eigenvalue weighted by Gasteiger charge is -2.09. The Labute approximate surface area is 198 Å². The number of hydrogen-bond donors (Lipinski definition) is 1. The van der Waals surface area contributed by atoms with Gasteiger partial charge in [-0.3, -0.25) is 9.59 Å². The summed E-state index contributed by atoms with van der Waals surface area (Å²) < 4.78 is 17.8. The molecule has 9 nitrogen and oxygen atoms in total. The van der Waals surface area contributed by atoms with Gasteiger partial charge in [0.1, 0.15) is 17.4 Å². The van der Waals surface area contributed by atoms with Crippen molar-refractivity contribution < 1.29 is 19.0 Å². The third-order valence-electron chi connectivity index (χ3n) is 5.04. The Morgan fingerprint density at radius 3 is 2.88 bits per heavy atom. The Bertz CT molecular complexity index is 1430. The Hall–Kier alpha value is -3.92. The van der Waals surface area contributed by atoms with Crippen LogP contribution in [-0.2, 0) is 13.0 Å². The molecule has 2 aromatic carbocycles. The van der Waals surface area contributed by atoms with Crippen LogP contribution in [0.2, 0.25) is 0 Å². The third-order valence-corrected chi connectivity index (χ3v) is 5.97. The molecule has 1 amide bonds. The van der Waals surface area contributed by atoms with Crippen LogP contribution in [0.15, 0.2) is 53.3 Å². The smallest absolute Gasteiger partial charge is 0.275 e. The zero-order valence-electron chi connectivity index (χ0n) is 18.6. The van der Waals surface area contributed by atoms with Crippen molar-refractivity contribution in [3.8, 4) is 17.2 Å². The molecule has 34 heavy (non-hydrogen) atoms. The first-order valence-corrected chi connectivity index (χ1v) is 11.6. The van der Waals surface area contributed by atoms with Gasteiger partial charge in [0.05, 0.1) is 5.69 Å². The van der Waals surface area contributed by atoms with Crippen LogP contribution in [0.4, 0.5) is 5.69 Å². The zero-order valence-corrected chi connectivity index (χ0v) is 19.4. The highest BCUT2D eigenvalue weighted by Crippen LogP contribution is 2.32. The van der Waals surface area contributed by atoms with Crippen molar-refractivity contribution >= 4 is 27.9 Å². The van der Waals surface area contributed by atoms with Gasteiger partial charge in [-0.25, -0.2) is 4.98 Å². The lowest BCUT2D eigenvalue weighted by Crippen LogP contribution is -2.16. The first kappa shape index (κ1) is 21.9. The lowest BCUT2D eigenvalue weighted by molar-refractivity contribution is 0.102. The van der Waals surface area contributed by atoms with Crippen LogP contribution >= 0.6 is 11.3 Å². The van der Waals surface area contributed by atoms with E-state index in [0.717, 1.165) is 11.4 Å². The van der Waals surface area contributed by atoms with Crippen molar-refractivity contribution in [1.82, 2.24) is 14.6 Å². The summed E-state index contributed by atoms with van der Waals surface area (Å²) in [6, 6.07) is 13.5. The number of benzene rings is 2. The predicted octanol–water partition coefficient (Wildman–Crippen LogP) is 3.91.